The lowest BCUT2D eigenvalue weighted by Gasteiger charge is -2.06. The molecule has 4 N–H and O–H groups in total. The minimum Gasteiger partial charge on any atom is -0.381 e. The number of sulfone groups is 1. The van der Waals surface area contributed by atoms with Gasteiger partial charge >= 0.3 is 0 Å². The lowest BCUT2D eigenvalue weighted by atomic mass is 10.2. The number of fused-ring (bicyclic) bond motifs is 1. The summed E-state index contributed by atoms with van der Waals surface area (Å²) in [5.41, 5.74) is 12.9. The predicted molar refractivity (Wildman–Crippen MR) is 86.7 cm³/mol. The quantitative estimate of drug-likeness (QED) is 0.728. The predicted octanol–water partition coefficient (Wildman–Crippen LogP) is 1.09. The molecule has 2 aromatic heterocycles. The highest BCUT2D eigenvalue weighted by molar-refractivity contribution is 7.91. The van der Waals surface area contributed by atoms with E-state index >= 15 is 0 Å². The highest BCUT2D eigenvalue weighted by atomic mass is 32.2. The monoisotopic (exact) mass is 349 g/mol. The van der Waals surface area contributed by atoms with Crippen LogP contribution in [0.15, 0.2) is 40.1 Å². The molecule has 0 fully saturated rings. The number of benzene rings is 1. The second-order valence-electron chi connectivity index (χ2n) is 5.34. The minimum atomic E-state index is -4.07. The number of nitrogens with two attached hydrogens (primary N) is 2. The smallest absolute Gasteiger partial charge is 0.214 e. The van der Waals surface area contributed by atoms with E-state index in [1.807, 2.05) is 0 Å². The molecule has 0 unspecified atom stereocenters. The molecule has 0 atom stereocenters. The van der Waals surface area contributed by atoms with Gasteiger partial charge in [-0.3, -0.25) is 0 Å². The molecule has 7 nitrogen and oxygen atoms in total. The highest BCUT2D eigenvalue weighted by Gasteiger charge is 2.28. The van der Waals surface area contributed by atoms with Gasteiger partial charge in [-0.05, 0) is 37.7 Å². The number of rotatable bonds is 4. The van der Waals surface area contributed by atoms with E-state index in [1.165, 1.54) is 22.7 Å². The Kier molecular flexibility index (Phi) is 3.98. The molecule has 0 saturated heterocycles. The van der Waals surface area contributed by atoms with E-state index < -0.39 is 15.7 Å². The molecule has 24 heavy (non-hydrogen) atoms. The molecule has 0 aliphatic heterocycles. The lowest BCUT2D eigenvalue weighted by molar-refractivity contribution is 0.591. The molecule has 3 rings (SSSR count). The van der Waals surface area contributed by atoms with Crippen molar-refractivity contribution in [3.8, 4) is 0 Å². The summed E-state index contributed by atoms with van der Waals surface area (Å²) in [7, 11) is -4.07. The first-order chi connectivity index (χ1) is 11.3. The van der Waals surface area contributed by atoms with Gasteiger partial charge in [-0.25, -0.2) is 22.3 Å². The molecule has 0 amide bonds. The summed E-state index contributed by atoms with van der Waals surface area (Å²) < 4.78 is 40.6. The van der Waals surface area contributed by atoms with Crippen molar-refractivity contribution >= 4 is 21.3 Å². The standard InChI is InChI=1S/C15H16FN5O2S/c1-9-7-11(5-6-17)21-15(19-9)13(14(18)20-21)24(22,23)12-4-2-3-10(16)8-12/h2-4,7-8H,5-6,17H2,1H3,(H2,18,20). The third-order valence-corrected chi connectivity index (χ3v) is 5.35. The SMILES string of the molecule is Cc1cc(CCN)n2nc(N)c(S(=O)(=O)c3cccc(F)c3)c2n1. The number of anilines is 1. The maximum Gasteiger partial charge on any atom is 0.214 e. The van der Waals surface area contributed by atoms with E-state index in [1.54, 1.807) is 13.0 Å². The van der Waals surface area contributed by atoms with Crippen LogP contribution < -0.4 is 11.5 Å². The number of nitrogens with zero attached hydrogens (tertiary/aromatic N) is 3. The van der Waals surface area contributed by atoms with E-state index in [4.69, 9.17) is 11.5 Å². The summed E-state index contributed by atoms with van der Waals surface area (Å²) in [6.07, 6.45) is 0.487. The largest absolute Gasteiger partial charge is 0.381 e. The van der Waals surface area contributed by atoms with Crippen LogP contribution in [0.2, 0.25) is 0 Å². The first-order valence-corrected chi connectivity index (χ1v) is 8.68. The second-order valence-corrected chi connectivity index (χ2v) is 7.22. The Morgan fingerprint density at radius 3 is 2.71 bits per heavy atom. The Bertz CT molecular complexity index is 1030. The van der Waals surface area contributed by atoms with Crippen LogP contribution in [0, 0.1) is 12.7 Å². The van der Waals surface area contributed by atoms with E-state index in [9.17, 15) is 12.8 Å². The lowest BCUT2D eigenvalue weighted by Crippen LogP contribution is -2.10. The van der Waals surface area contributed by atoms with Crippen molar-refractivity contribution in [3.63, 3.8) is 0 Å². The first kappa shape index (κ1) is 16.3. The van der Waals surface area contributed by atoms with Crippen LogP contribution in [0.3, 0.4) is 0 Å². The van der Waals surface area contributed by atoms with Crippen molar-refractivity contribution in [1.82, 2.24) is 14.6 Å². The zero-order chi connectivity index (χ0) is 17.5. The van der Waals surface area contributed by atoms with Gasteiger partial charge in [-0.15, -0.1) is 5.10 Å². The summed E-state index contributed by atoms with van der Waals surface area (Å²) in [4.78, 5) is 3.83. The van der Waals surface area contributed by atoms with Crippen molar-refractivity contribution in [2.24, 2.45) is 5.73 Å². The van der Waals surface area contributed by atoms with Gasteiger partial charge in [0.2, 0.25) is 9.84 Å². The number of hydrogen-bond donors (Lipinski definition) is 2. The Labute approximate surface area is 138 Å². The van der Waals surface area contributed by atoms with Gasteiger partial charge < -0.3 is 11.5 Å². The van der Waals surface area contributed by atoms with Crippen LogP contribution >= 0.6 is 0 Å². The molecule has 0 aliphatic rings. The van der Waals surface area contributed by atoms with Gasteiger partial charge in [0.25, 0.3) is 0 Å². The summed E-state index contributed by atoms with van der Waals surface area (Å²) in [5, 5.41) is 4.09. The second kappa shape index (κ2) is 5.84. The van der Waals surface area contributed by atoms with Gasteiger partial charge in [-0.2, -0.15) is 0 Å². The van der Waals surface area contributed by atoms with E-state index in [0.29, 0.717) is 24.4 Å². The van der Waals surface area contributed by atoms with Crippen LogP contribution in [-0.4, -0.2) is 29.6 Å². The zero-order valence-corrected chi connectivity index (χ0v) is 13.7. The molecule has 2 heterocycles. The fraction of sp³-hybridized carbons (Fsp3) is 0.200. The molecule has 3 aromatic rings. The van der Waals surface area contributed by atoms with Crippen LogP contribution in [0.4, 0.5) is 10.2 Å². The van der Waals surface area contributed by atoms with Crippen molar-refractivity contribution in [2.45, 2.75) is 23.1 Å². The van der Waals surface area contributed by atoms with Crippen LogP contribution in [0.25, 0.3) is 5.65 Å². The van der Waals surface area contributed by atoms with Gasteiger partial charge in [0.05, 0.1) is 4.90 Å². The van der Waals surface area contributed by atoms with E-state index in [2.05, 4.69) is 10.1 Å². The van der Waals surface area contributed by atoms with Gasteiger partial charge in [0, 0.05) is 17.8 Å². The maximum atomic E-state index is 13.4. The fourth-order valence-corrected chi connectivity index (χ4v) is 4.00. The number of halogens is 1. The molecular weight excluding hydrogens is 333 g/mol. The fourth-order valence-electron chi connectivity index (χ4n) is 2.55. The van der Waals surface area contributed by atoms with Crippen LogP contribution in [-0.2, 0) is 16.3 Å². The van der Waals surface area contributed by atoms with Gasteiger partial charge in [0.1, 0.15) is 5.82 Å². The average Bonchev–Trinajstić information content (AvgIpc) is 2.84. The molecule has 0 spiro atoms. The Morgan fingerprint density at radius 1 is 1.29 bits per heavy atom. The third-order valence-electron chi connectivity index (χ3n) is 3.55. The average molecular weight is 349 g/mol. The highest BCUT2D eigenvalue weighted by Crippen LogP contribution is 2.30. The number of hydrogen-bond acceptors (Lipinski definition) is 6. The summed E-state index contributed by atoms with van der Waals surface area (Å²) in [5.74, 6) is -0.838. The molecule has 0 radical (unpaired) electrons. The molecule has 1 aromatic carbocycles. The summed E-state index contributed by atoms with van der Waals surface area (Å²) >= 11 is 0. The number of aromatic nitrogens is 3. The Hall–Kier alpha value is -2.52. The minimum absolute atomic E-state index is 0.111. The third kappa shape index (κ3) is 2.61. The molecule has 0 aliphatic carbocycles. The molecular formula is C15H16FN5O2S. The Balaban J connectivity index is 2.32. The normalized spacial score (nSPS) is 12.0. The van der Waals surface area contributed by atoms with Crippen LogP contribution in [0.5, 0.6) is 0 Å². The Morgan fingerprint density at radius 2 is 2.04 bits per heavy atom. The van der Waals surface area contributed by atoms with Crippen molar-refractivity contribution in [2.75, 3.05) is 12.3 Å². The molecule has 9 heteroatoms. The summed E-state index contributed by atoms with van der Waals surface area (Å²) in [6, 6.07) is 6.50. The zero-order valence-electron chi connectivity index (χ0n) is 12.9. The molecule has 0 saturated carbocycles. The topological polar surface area (TPSA) is 116 Å². The maximum absolute atomic E-state index is 13.4. The number of aryl methyl sites for hydroxylation is 1. The van der Waals surface area contributed by atoms with Crippen molar-refractivity contribution in [3.05, 3.63) is 47.5 Å². The number of nitrogen functional groups attached to an aromatic ring is 1. The van der Waals surface area contributed by atoms with E-state index in [0.717, 1.165) is 6.07 Å². The van der Waals surface area contributed by atoms with Gasteiger partial charge in [0.15, 0.2) is 16.4 Å². The van der Waals surface area contributed by atoms with Crippen molar-refractivity contribution < 1.29 is 12.8 Å². The summed E-state index contributed by atoms with van der Waals surface area (Å²) in [6.45, 7) is 2.10. The molecule has 0 bridgehead atoms. The van der Waals surface area contributed by atoms with Gasteiger partial charge in [-0.1, -0.05) is 6.07 Å². The van der Waals surface area contributed by atoms with Crippen molar-refractivity contribution in [1.29, 1.82) is 0 Å². The van der Waals surface area contributed by atoms with E-state index in [-0.39, 0.29) is 21.3 Å². The first-order valence-electron chi connectivity index (χ1n) is 7.20. The van der Waals surface area contributed by atoms with Crippen LogP contribution in [0.1, 0.15) is 11.4 Å². The molecule has 126 valence electrons.